The summed E-state index contributed by atoms with van der Waals surface area (Å²) in [6.07, 6.45) is 1.63. The number of nitrogens with zero attached hydrogens (tertiary/aromatic N) is 3. The van der Waals surface area contributed by atoms with E-state index in [0.29, 0.717) is 11.5 Å². The van der Waals surface area contributed by atoms with E-state index >= 15 is 0 Å². The molecule has 0 atom stereocenters. The summed E-state index contributed by atoms with van der Waals surface area (Å²) in [7, 11) is 0. The summed E-state index contributed by atoms with van der Waals surface area (Å²) in [6.45, 7) is 2.04. The lowest BCUT2D eigenvalue weighted by molar-refractivity contribution is 0.475. The molecule has 5 nitrogen and oxygen atoms in total. The van der Waals surface area contributed by atoms with Gasteiger partial charge in [0.15, 0.2) is 5.84 Å². The van der Waals surface area contributed by atoms with Gasteiger partial charge in [-0.05, 0) is 48.9 Å². The molecule has 4 aromatic rings. The van der Waals surface area contributed by atoms with Gasteiger partial charge in [0.05, 0.1) is 17.4 Å². The Morgan fingerprint density at radius 3 is 2.59 bits per heavy atom. The van der Waals surface area contributed by atoms with Crippen molar-refractivity contribution < 1.29 is 5.11 Å². The lowest BCUT2D eigenvalue weighted by Crippen LogP contribution is -2.20. The lowest BCUT2D eigenvalue weighted by atomic mass is 10.2. The first-order valence-electron chi connectivity index (χ1n) is 9.27. The van der Waals surface area contributed by atoms with Gasteiger partial charge in [-0.2, -0.15) is 5.10 Å². The minimum absolute atomic E-state index is 0.193. The van der Waals surface area contributed by atoms with Crippen molar-refractivity contribution in [2.24, 2.45) is 10.1 Å². The number of phenolic OH excluding ortho intramolecular Hbond substituents is 1. The molecule has 2 N–H and O–H groups in total. The predicted octanol–water partition coefficient (Wildman–Crippen LogP) is 4.95. The van der Waals surface area contributed by atoms with Crippen LogP contribution >= 0.6 is 0 Å². The highest BCUT2D eigenvalue weighted by molar-refractivity contribution is 6.00. The summed E-state index contributed by atoms with van der Waals surface area (Å²) < 4.78 is 0. The zero-order valence-corrected chi connectivity index (χ0v) is 15.9. The minimum atomic E-state index is 0.193. The Bertz CT molecular complexity index is 1200. The molecule has 0 spiro atoms. The van der Waals surface area contributed by atoms with E-state index in [9.17, 15) is 5.11 Å². The maximum absolute atomic E-state index is 9.60. The molecule has 5 heteroatoms. The van der Waals surface area contributed by atoms with Crippen molar-refractivity contribution in [1.82, 2.24) is 10.4 Å². The van der Waals surface area contributed by atoms with Gasteiger partial charge < -0.3 is 5.11 Å². The number of hydrogen-bond acceptors (Lipinski definition) is 4. The fourth-order valence-corrected chi connectivity index (χ4v) is 2.86. The van der Waals surface area contributed by atoms with Crippen LogP contribution in [-0.2, 0) is 0 Å². The van der Waals surface area contributed by atoms with Crippen molar-refractivity contribution in [1.29, 1.82) is 0 Å². The number of aliphatic imine (C=N–C) groups is 1. The number of benzene rings is 3. The maximum Gasteiger partial charge on any atom is 0.173 e. The van der Waals surface area contributed by atoms with Crippen LogP contribution in [-0.4, -0.2) is 22.1 Å². The Hall–Kier alpha value is -3.99. The molecular formula is C24H20N4O. The largest absolute Gasteiger partial charge is 0.508 e. The topological polar surface area (TPSA) is 69.9 Å². The normalized spacial score (nSPS) is 11.8. The fourth-order valence-electron chi connectivity index (χ4n) is 2.86. The smallest absolute Gasteiger partial charge is 0.173 e. The van der Waals surface area contributed by atoms with Gasteiger partial charge in [-0.15, -0.1) is 0 Å². The van der Waals surface area contributed by atoms with E-state index in [2.05, 4.69) is 10.5 Å². The number of aryl methyl sites for hydroxylation is 1. The Labute approximate surface area is 169 Å². The van der Waals surface area contributed by atoms with E-state index in [-0.39, 0.29) is 5.75 Å². The Balaban J connectivity index is 1.68. The van der Waals surface area contributed by atoms with Gasteiger partial charge >= 0.3 is 0 Å². The Morgan fingerprint density at radius 2 is 1.76 bits per heavy atom. The van der Waals surface area contributed by atoms with Crippen molar-refractivity contribution in [3.63, 3.8) is 0 Å². The molecule has 0 amide bonds. The summed E-state index contributed by atoms with van der Waals surface area (Å²) in [5, 5.41) is 15.0. The van der Waals surface area contributed by atoms with Crippen molar-refractivity contribution in [2.75, 3.05) is 0 Å². The number of rotatable bonds is 4. The second kappa shape index (κ2) is 8.35. The predicted molar refractivity (Wildman–Crippen MR) is 118 cm³/mol. The number of pyridine rings is 1. The van der Waals surface area contributed by atoms with Gasteiger partial charge in [0.1, 0.15) is 11.4 Å². The average Bonchev–Trinajstić information content (AvgIpc) is 2.74. The summed E-state index contributed by atoms with van der Waals surface area (Å²) >= 11 is 0. The first-order valence-corrected chi connectivity index (χ1v) is 9.27. The van der Waals surface area contributed by atoms with Gasteiger partial charge in [0.25, 0.3) is 0 Å². The highest BCUT2D eigenvalue weighted by Gasteiger charge is 2.06. The molecule has 3 aromatic carbocycles. The van der Waals surface area contributed by atoms with E-state index in [1.165, 1.54) is 5.56 Å². The zero-order valence-electron chi connectivity index (χ0n) is 15.9. The number of nitrogens with one attached hydrogen (secondary N) is 1. The number of para-hydroxylation sites is 1. The SMILES string of the molecule is Cc1ccc(N=C(N/N=C\c2cccc(O)c2)c2ccc3ccccc3n2)cc1. The van der Waals surface area contributed by atoms with Crippen LogP contribution in [0.3, 0.4) is 0 Å². The third kappa shape index (κ3) is 4.65. The molecule has 0 saturated carbocycles. The average molecular weight is 380 g/mol. The molecule has 0 aliphatic rings. The Morgan fingerprint density at radius 1 is 0.931 bits per heavy atom. The number of hydrogen-bond donors (Lipinski definition) is 2. The summed E-state index contributed by atoms with van der Waals surface area (Å²) in [4.78, 5) is 9.43. The van der Waals surface area contributed by atoms with Crippen LogP contribution in [0.25, 0.3) is 10.9 Å². The van der Waals surface area contributed by atoms with E-state index in [4.69, 9.17) is 9.98 Å². The molecule has 142 valence electrons. The minimum Gasteiger partial charge on any atom is -0.508 e. The summed E-state index contributed by atoms with van der Waals surface area (Å²) in [5.41, 5.74) is 7.34. The zero-order chi connectivity index (χ0) is 20.1. The molecule has 0 saturated heterocycles. The van der Waals surface area contributed by atoms with Crippen molar-refractivity contribution >= 4 is 28.6 Å². The molecule has 0 unspecified atom stereocenters. The molecule has 0 radical (unpaired) electrons. The molecule has 0 aliphatic heterocycles. The van der Waals surface area contributed by atoms with E-state index < -0.39 is 0 Å². The number of fused-ring (bicyclic) bond motifs is 1. The van der Waals surface area contributed by atoms with Crippen LogP contribution in [0.2, 0.25) is 0 Å². The molecule has 4 rings (SSSR count). The van der Waals surface area contributed by atoms with Crippen LogP contribution in [0, 0.1) is 6.92 Å². The van der Waals surface area contributed by atoms with Crippen molar-refractivity contribution in [3.05, 3.63) is 102 Å². The standard InChI is InChI=1S/C24H20N4O/c1-17-9-12-20(13-10-17)26-24(28-25-16-18-5-4-7-21(29)15-18)23-14-11-19-6-2-3-8-22(19)27-23/h2-16,29H,1H3,(H,26,28)/b25-16-. The second-order valence-corrected chi connectivity index (χ2v) is 6.65. The van der Waals surface area contributed by atoms with Gasteiger partial charge in [-0.1, -0.05) is 54.1 Å². The van der Waals surface area contributed by atoms with Gasteiger partial charge in [0, 0.05) is 5.39 Å². The maximum atomic E-state index is 9.60. The number of phenols is 1. The highest BCUT2D eigenvalue weighted by atomic mass is 16.3. The number of hydrazone groups is 1. The van der Waals surface area contributed by atoms with Crippen molar-refractivity contribution in [2.45, 2.75) is 6.92 Å². The lowest BCUT2D eigenvalue weighted by Gasteiger charge is -2.07. The van der Waals surface area contributed by atoms with Crippen molar-refractivity contribution in [3.8, 4) is 5.75 Å². The molecule has 1 heterocycles. The van der Waals surface area contributed by atoms with Crippen LogP contribution in [0.15, 0.2) is 95.0 Å². The van der Waals surface area contributed by atoms with E-state index in [0.717, 1.165) is 22.2 Å². The summed E-state index contributed by atoms with van der Waals surface area (Å²) in [5.74, 6) is 0.731. The van der Waals surface area contributed by atoms with E-state index in [1.54, 1.807) is 24.4 Å². The van der Waals surface area contributed by atoms with Crippen LogP contribution in [0.5, 0.6) is 5.75 Å². The number of aromatic nitrogens is 1. The third-order valence-corrected chi connectivity index (χ3v) is 4.37. The van der Waals surface area contributed by atoms with E-state index in [1.807, 2.05) is 73.7 Å². The quantitative estimate of drug-likeness (QED) is 0.299. The van der Waals surface area contributed by atoms with Gasteiger partial charge in [-0.3, -0.25) is 5.43 Å². The molecule has 0 bridgehead atoms. The number of aromatic hydroxyl groups is 1. The molecular weight excluding hydrogens is 360 g/mol. The molecule has 0 fully saturated rings. The molecule has 29 heavy (non-hydrogen) atoms. The monoisotopic (exact) mass is 380 g/mol. The highest BCUT2D eigenvalue weighted by Crippen LogP contribution is 2.16. The Kier molecular flexibility index (Phi) is 5.29. The second-order valence-electron chi connectivity index (χ2n) is 6.65. The van der Waals surface area contributed by atoms with Gasteiger partial charge in [0.2, 0.25) is 0 Å². The first kappa shape index (κ1) is 18.4. The van der Waals surface area contributed by atoms with Crippen LogP contribution < -0.4 is 5.43 Å². The van der Waals surface area contributed by atoms with Crippen LogP contribution in [0.4, 0.5) is 5.69 Å². The summed E-state index contributed by atoms with van der Waals surface area (Å²) in [6, 6.07) is 26.7. The molecule has 0 aliphatic carbocycles. The third-order valence-electron chi connectivity index (χ3n) is 4.37. The fraction of sp³-hybridized carbons (Fsp3) is 0.0417. The van der Waals surface area contributed by atoms with Gasteiger partial charge in [-0.25, -0.2) is 9.98 Å². The number of amidine groups is 1. The molecule has 1 aromatic heterocycles. The van der Waals surface area contributed by atoms with Crippen LogP contribution in [0.1, 0.15) is 16.8 Å². The first-order chi connectivity index (χ1) is 14.2.